The van der Waals surface area contributed by atoms with Gasteiger partial charge in [-0.15, -0.1) is 0 Å². The number of hydrogen-bond donors (Lipinski definition) is 2. The Hall–Kier alpha value is -2.44. The quantitative estimate of drug-likeness (QED) is 0.544. The fourth-order valence-electron chi connectivity index (χ4n) is 0.868. The number of carbonyl (C=O) groups excluding carboxylic acids is 1. The van der Waals surface area contributed by atoms with Crippen molar-refractivity contribution < 1.29 is 29.3 Å². The van der Waals surface area contributed by atoms with Crippen LogP contribution >= 0.6 is 0 Å². The van der Waals surface area contributed by atoms with Gasteiger partial charge >= 0.3 is 18.1 Å². The Bertz CT molecular complexity index is 427. The molecule has 7 nitrogen and oxygen atoms in total. The van der Waals surface area contributed by atoms with Crippen molar-refractivity contribution in [3.05, 3.63) is 29.6 Å². The standard InChI is InChI=1S/C8H5NO6/c10-6(11)4-2-1-3-9-5(4)7(12)15-8(13)14/h1-3H,(H,10,11)(H,13,14). The molecule has 0 fully saturated rings. The summed E-state index contributed by atoms with van der Waals surface area (Å²) in [7, 11) is 0. The van der Waals surface area contributed by atoms with Gasteiger partial charge in [0.05, 0.1) is 5.56 Å². The minimum atomic E-state index is -1.82. The molecule has 0 spiro atoms. The molecule has 0 aliphatic rings. The summed E-state index contributed by atoms with van der Waals surface area (Å²) in [6, 6.07) is 2.43. The van der Waals surface area contributed by atoms with E-state index in [2.05, 4.69) is 9.72 Å². The zero-order valence-electron chi connectivity index (χ0n) is 7.21. The number of hydrogen-bond acceptors (Lipinski definition) is 5. The number of aromatic nitrogens is 1. The molecule has 78 valence electrons. The van der Waals surface area contributed by atoms with Crippen LogP contribution < -0.4 is 0 Å². The van der Waals surface area contributed by atoms with Crippen LogP contribution in [0.3, 0.4) is 0 Å². The van der Waals surface area contributed by atoms with Crippen molar-refractivity contribution in [3.8, 4) is 0 Å². The van der Waals surface area contributed by atoms with Crippen molar-refractivity contribution in [3.63, 3.8) is 0 Å². The van der Waals surface area contributed by atoms with E-state index in [1.807, 2.05) is 0 Å². The Morgan fingerprint density at radius 1 is 1.27 bits per heavy atom. The van der Waals surface area contributed by atoms with E-state index in [4.69, 9.17) is 10.2 Å². The van der Waals surface area contributed by atoms with Crippen LogP contribution in [0.15, 0.2) is 18.3 Å². The van der Waals surface area contributed by atoms with E-state index < -0.39 is 29.4 Å². The highest BCUT2D eigenvalue weighted by Gasteiger charge is 2.20. The molecule has 0 amide bonds. The molecule has 0 atom stereocenters. The van der Waals surface area contributed by atoms with Crippen LogP contribution in [-0.4, -0.2) is 33.3 Å². The summed E-state index contributed by atoms with van der Waals surface area (Å²) in [5, 5.41) is 16.8. The van der Waals surface area contributed by atoms with Crippen molar-refractivity contribution in [2.24, 2.45) is 0 Å². The number of pyridine rings is 1. The Balaban J connectivity index is 3.08. The third-order valence-corrected chi connectivity index (χ3v) is 1.41. The summed E-state index contributed by atoms with van der Waals surface area (Å²) in [5.74, 6) is -2.71. The van der Waals surface area contributed by atoms with Gasteiger partial charge in [-0.2, -0.15) is 0 Å². The molecule has 0 saturated carbocycles. The maximum atomic E-state index is 11.1. The lowest BCUT2D eigenvalue weighted by Crippen LogP contribution is -2.16. The molecule has 1 heterocycles. The fraction of sp³-hybridized carbons (Fsp3) is 0. The van der Waals surface area contributed by atoms with Gasteiger partial charge in [-0.25, -0.2) is 19.4 Å². The average Bonchev–Trinajstić information content (AvgIpc) is 2.16. The molecule has 15 heavy (non-hydrogen) atoms. The molecule has 0 aliphatic heterocycles. The summed E-state index contributed by atoms with van der Waals surface area (Å²) in [6.45, 7) is 0. The molecule has 1 aromatic heterocycles. The Morgan fingerprint density at radius 3 is 2.47 bits per heavy atom. The maximum absolute atomic E-state index is 11.1. The number of ether oxygens (including phenoxy) is 1. The highest BCUT2D eigenvalue weighted by molar-refractivity contribution is 6.03. The molecule has 1 aromatic rings. The smallest absolute Gasteiger partial charge is 0.478 e. The molecule has 0 saturated heterocycles. The van der Waals surface area contributed by atoms with Gasteiger partial charge < -0.3 is 14.9 Å². The maximum Gasteiger partial charge on any atom is 0.513 e. The topological polar surface area (TPSA) is 114 Å². The van der Waals surface area contributed by atoms with Gasteiger partial charge in [0.15, 0.2) is 5.69 Å². The normalized spacial score (nSPS) is 9.33. The third kappa shape index (κ3) is 2.50. The van der Waals surface area contributed by atoms with Crippen LogP contribution in [0, 0.1) is 0 Å². The largest absolute Gasteiger partial charge is 0.513 e. The van der Waals surface area contributed by atoms with Gasteiger partial charge in [0.25, 0.3) is 0 Å². The Labute approximate surface area is 82.9 Å². The van der Waals surface area contributed by atoms with E-state index in [0.29, 0.717) is 0 Å². The molecule has 2 N–H and O–H groups in total. The number of carboxylic acids is 1. The summed E-state index contributed by atoms with van der Waals surface area (Å²) < 4.78 is 3.78. The van der Waals surface area contributed by atoms with Crippen LogP contribution in [0.2, 0.25) is 0 Å². The van der Waals surface area contributed by atoms with Crippen LogP contribution in [0.5, 0.6) is 0 Å². The summed E-state index contributed by atoms with van der Waals surface area (Å²) in [5.41, 5.74) is -0.962. The Morgan fingerprint density at radius 2 is 1.93 bits per heavy atom. The van der Waals surface area contributed by atoms with E-state index in [0.717, 1.165) is 12.3 Å². The van der Waals surface area contributed by atoms with Crippen LogP contribution in [0.4, 0.5) is 4.79 Å². The first-order valence-electron chi connectivity index (χ1n) is 3.65. The minimum Gasteiger partial charge on any atom is -0.478 e. The first kappa shape index (κ1) is 10.6. The molecule has 0 bridgehead atoms. The van der Waals surface area contributed by atoms with Gasteiger partial charge in [-0.1, -0.05) is 0 Å². The monoisotopic (exact) mass is 211 g/mol. The lowest BCUT2D eigenvalue weighted by atomic mass is 10.2. The van der Waals surface area contributed by atoms with Crippen molar-refractivity contribution in [1.82, 2.24) is 4.98 Å². The van der Waals surface area contributed by atoms with Crippen molar-refractivity contribution >= 4 is 18.1 Å². The molecular weight excluding hydrogens is 206 g/mol. The van der Waals surface area contributed by atoms with E-state index in [1.54, 1.807) is 0 Å². The number of rotatable bonds is 2. The van der Waals surface area contributed by atoms with Crippen LogP contribution in [0.25, 0.3) is 0 Å². The van der Waals surface area contributed by atoms with Gasteiger partial charge in [-0.3, -0.25) is 0 Å². The molecule has 7 heteroatoms. The third-order valence-electron chi connectivity index (χ3n) is 1.41. The number of esters is 1. The average molecular weight is 211 g/mol. The predicted octanol–water partition coefficient (Wildman–Crippen LogP) is 0.615. The summed E-state index contributed by atoms with van der Waals surface area (Å²) in [6.07, 6.45) is -0.660. The SMILES string of the molecule is O=C(O)OC(=O)c1ncccc1C(=O)O. The van der Waals surface area contributed by atoms with Crippen molar-refractivity contribution in [1.29, 1.82) is 0 Å². The Kier molecular flexibility index (Phi) is 2.97. The summed E-state index contributed by atoms with van der Waals surface area (Å²) >= 11 is 0. The van der Waals surface area contributed by atoms with E-state index in [-0.39, 0.29) is 0 Å². The highest BCUT2D eigenvalue weighted by Crippen LogP contribution is 2.06. The second kappa shape index (κ2) is 4.18. The van der Waals surface area contributed by atoms with Gasteiger partial charge in [0.1, 0.15) is 0 Å². The number of carboxylic acid groups (broad SMARTS) is 2. The molecular formula is C8H5NO6. The first-order chi connectivity index (χ1) is 7.02. The van der Waals surface area contributed by atoms with Gasteiger partial charge in [0, 0.05) is 6.20 Å². The molecule has 0 aromatic carbocycles. The van der Waals surface area contributed by atoms with E-state index >= 15 is 0 Å². The van der Waals surface area contributed by atoms with Gasteiger partial charge in [0.2, 0.25) is 0 Å². The summed E-state index contributed by atoms with van der Waals surface area (Å²) in [4.78, 5) is 35.1. The second-order valence-electron chi connectivity index (χ2n) is 2.36. The van der Waals surface area contributed by atoms with Gasteiger partial charge in [-0.05, 0) is 12.1 Å². The lowest BCUT2D eigenvalue weighted by molar-refractivity contribution is 0.0491. The van der Waals surface area contributed by atoms with Crippen molar-refractivity contribution in [2.45, 2.75) is 0 Å². The van der Waals surface area contributed by atoms with Crippen molar-refractivity contribution in [2.75, 3.05) is 0 Å². The van der Waals surface area contributed by atoms with E-state index in [9.17, 15) is 14.4 Å². The zero-order valence-corrected chi connectivity index (χ0v) is 7.21. The van der Waals surface area contributed by atoms with Crippen LogP contribution in [-0.2, 0) is 4.74 Å². The second-order valence-corrected chi connectivity index (χ2v) is 2.36. The highest BCUT2D eigenvalue weighted by atomic mass is 16.7. The van der Waals surface area contributed by atoms with Crippen LogP contribution in [0.1, 0.15) is 20.8 Å². The molecule has 0 radical (unpaired) electrons. The fourth-order valence-corrected chi connectivity index (χ4v) is 0.868. The number of aromatic carboxylic acids is 1. The first-order valence-corrected chi connectivity index (χ1v) is 3.65. The lowest BCUT2D eigenvalue weighted by Gasteiger charge is -2.01. The van der Waals surface area contributed by atoms with E-state index in [1.165, 1.54) is 6.07 Å². The zero-order chi connectivity index (χ0) is 11.4. The predicted molar refractivity (Wildman–Crippen MR) is 44.6 cm³/mol. The molecule has 1 rings (SSSR count). The number of nitrogens with zero attached hydrogens (tertiary/aromatic N) is 1. The molecule has 0 aliphatic carbocycles. The minimum absolute atomic E-state index is 0.413. The molecule has 0 unspecified atom stereocenters. The number of carbonyl (C=O) groups is 3.